The molecule has 2 heterocycles. The molecular weight excluding hydrogens is 288 g/mol. The lowest BCUT2D eigenvalue weighted by Crippen LogP contribution is -2.42. The minimum Gasteiger partial charge on any atom is -0.383 e. The zero-order valence-electron chi connectivity index (χ0n) is 10.8. The summed E-state index contributed by atoms with van der Waals surface area (Å²) in [6.45, 7) is 1.94. The molecule has 1 aromatic heterocycles. The molecule has 1 aromatic rings. The van der Waals surface area contributed by atoms with Crippen molar-refractivity contribution in [2.24, 2.45) is 5.84 Å². The first kappa shape index (κ1) is 15.1. The molecule has 2 atom stereocenters. The van der Waals surface area contributed by atoms with Crippen LogP contribution in [-0.2, 0) is 16.0 Å². The fourth-order valence-electron chi connectivity index (χ4n) is 2.10. The number of methoxy groups -OCH3 is 1. The van der Waals surface area contributed by atoms with Crippen LogP contribution in [0.3, 0.4) is 0 Å². The topological polar surface area (TPSA) is 74.3 Å². The molecule has 0 saturated carbocycles. The molecule has 1 fully saturated rings. The van der Waals surface area contributed by atoms with E-state index >= 15 is 0 Å². The highest BCUT2D eigenvalue weighted by atomic mass is 35.5. The van der Waals surface area contributed by atoms with Crippen molar-refractivity contribution in [3.63, 3.8) is 0 Å². The third-order valence-electron chi connectivity index (χ3n) is 3.03. The minimum atomic E-state index is -0.167. The van der Waals surface area contributed by atoms with E-state index in [1.807, 2.05) is 16.4 Å². The number of nitrogens with zero attached hydrogens (tertiary/aromatic N) is 2. The maximum atomic E-state index is 6.23. The fraction of sp³-hybridized carbons (Fsp3) is 0.727. The smallest absolute Gasteiger partial charge is 0.0913 e. The Bertz CT molecular complexity index is 398. The largest absolute Gasteiger partial charge is 0.383 e. The molecule has 1 aliphatic rings. The highest BCUT2D eigenvalue weighted by Crippen LogP contribution is 2.29. The fourth-order valence-corrected chi connectivity index (χ4v) is 3.26. The highest BCUT2D eigenvalue weighted by molar-refractivity contribution is 7.99. The van der Waals surface area contributed by atoms with Crippen LogP contribution >= 0.6 is 23.4 Å². The Morgan fingerprint density at radius 2 is 2.63 bits per heavy atom. The molecule has 108 valence electrons. The van der Waals surface area contributed by atoms with Gasteiger partial charge in [-0.05, 0) is 0 Å². The maximum absolute atomic E-state index is 6.23. The summed E-state index contributed by atoms with van der Waals surface area (Å²) in [7, 11) is 1.66. The minimum absolute atomic E-state index is 0.000699. The van der Waals surface area contributed by atoms with Crippen molar-refractivity contribution in [2.45, 2.75) is 18.7 Å². The molecule has 6 nitrogen and oxygen atoms in total. The van der Waals surface area contributed by atoms with E-state index < -0.39 is 0 Å². The third-order valence-corrected chi connectivity index (χ3v) is 4.34. The molecule has 2 unspecified atom stereocenters. The third kappa shape index (κ3) is 3.62. The standard InChI is InChI=1S/C11H19ClN4O2S/c1-17-3-2-16-11(8(12)6-14-16)10(15-13)9-7-19-5-4-18-9/h6,9-10,15H,2-5,7,13H2,1H3. The molecule has 8 heteroatoms. The first-order valence-corrected chi connectivity index (χ1v) is 7.66. The summed E-state index contributed by atoms with van der Waals surface area (Å²) in [5, 5.41) is 4.86. The van der Waals surface area contributed by atoms with Crippen LogP contribution in [0.5, 0.6) is 0 Å². The zero-order valence-corrected chi connectivity index (χ0v) is 12.4. The van der Waals surface area contributed by atoms with Crippen LogP contribution in [0.1, 0.15) is 11.7 Å². The van der Waals surface area contributed by atoms with Gasteiger partial charge in [0, 0.05) is 18.6 Å². The van der Waals surface area contributed by atoms with Gasteiger partial charge >= 0.3 is 0 Å². The van der Waals surface area contributed by atoms with Gasteiger partial charge in [0.25, 0.3) is 0 Å². The molecule has 0 spiro atoms. The normalized spacial score (nSPS) is 21.5. The van der Waals surface area contributed by atoms with Gasteiger partial charge in [-0.3, -0.25) is 10.5 Å². The number of halogens is 1. The molecule has 0 aromatic carbocycles. The average molecular weight is 307 g/mol. The van der Waals surface area contributed by atoms with Crippen LogP contribution in [-0.4, -0.2) is 47.7 Å². The van der Waals surface area contributed by atoms with E-state index in [1.54, 1.807) is 13.3 Å². The van der Waals surface area contributed by atoms with Crippen LogP contribution in [0.2, 0.25) is 5.02 Å². The van der Waals surface area contributed by atoms with Gasteiger partial charge in [0.1, 0.15) is 0 Å². The van der Waals surface area contributed by atoms with E-state index in [9.17, 15) is 0 Å². The van der Waals surface area contributed by atoms with E-state index in [2.05, 4.69) is 10.5 Å². The number of ether oxygens (including phenoxy) is 2. The number of rotatable bonds is 6. The van der Waals surface area contributed by atoms with Gasteiger partial charge in [0.2, 0.25) is 0 Å². The Balaban J connectivity index is 2.18. The molecule has 1 aliphatic heterocycles. The Morgan fingerprint density at radius 3 is 3.26 bits per heavy atom. The predicted molar refractivity (Wildman–Crippen MR) is 76.2 cm³/mol. The van der Waals surface area contributed by atoms with Crippen molar-refractivity contribution in [1.82, 2.24) is 15.2 Å². The van der Waals surface area contributed by atoms with Crippen LogP contribution < -0.4 is 11.3 Å². The number of hydrazine groups is 1. The quantitative estimate of drug-likeness (QED) is 0.599. The summed E-state index contributed by atoms with van der Waals surface area (Å²) in [5.74, 6) is 7.60. The van der Waals surface area contributed by atoms with Gasteiger partial charge in [-0.1, -0.05) is 11.6 Å². The van der Waals surface area contributed by atoms with E-state index in [-0.39, 0.29) is 12.1 Å². The van der Waals surface area contributed by atoms with E-state index in [0.29, 0.717) is 18.2 Å². The Morgan fingerprint density at radius 1 is 1.79 bits per heavy atom. The lowest BCUT2D eigenvalue weighted by Gasteiger charge is -2.30. The van der Waals surface area contributed by atoms with Gasteiger partial charge in [-0.15, -0.1) is 0 Å². The lowest BCUT2D eigenvalue weighted by atomic mass is 10.1. The second kappa shape index (κ2) is 7.47. The van der Waals surface area contributed by atoms with Crippen molar-refractivity contribution in [2.75, 3.05) is 31.8 Å². The first-order valence-electron chi connectivity index (χ1n) is 6.13. The van der Waals surface area contributed by atoms with E-state index in [0.717, 1.165) is 23.8 Å². The van der Waals surface area contributed by atoms with Crippen LogP contribution in [0.25, 0.3) is 0 Å². The van der Waals surface area contributed by atoms with Crippen LogP contribution in [0, 0.1) is 0 Å². The molecule has 0 bridgehead atoms. The summed E-state index contributed by atoms with van der Waals surface area (Å²) in [6, 6.07) is -0.167. The summed E-state index contributed by atoms with van der Waals surface area (Å²) in [5.41, 5.74) is 3.66. The van der Waals surface area contributed by atoms with E-state index in [1.165, 1.54) is 0 Å². The van der Waals surface area contributed by atoms with Crippen molar-refractivity contribution in [1.29, 1.82) is 0 Å². The van der Waals surface area contributed by atoms with Crippen LogP contribution in [0.15, 0.2) is 6.20 Å². The summed E-state index contributed by atoms with van der Waals surface area (Å²) in [6.07, 6.45) is 1.63. The number of hydrogen-bond acceptors (Lipinski definition) is 6. The van der Waals surface area contributed by atoms with Crippen molar-refractivity contribution in [3.8, 4) is 0 Å². The summed E-state index contributed by atoms with van der Waals surface area (Å²) in [4.78, 5) is 0. The average Bonchev–Trinajstić information content (AvgIpc) is 2.80. The summed E-state index contributed by atoms with van der Waals surface area (Å²) >= 11 is 8.09. The molecule has 1 saturated heterocycles. The monoisotopic (exact) mass is 306 g/mol. The van der Waals surface area contributed by atoms with Crippen molar-refractivity contribution in [3.05, 3.63) is 16.9 Å². The molecule has 2 rings (SSSR count). The molecule has 19 heavy (non-hydrogen) atoms. The SMILES string of the molecule is COCCn1ncc(Cl)c1C(NN)C1CSCCO1. The summed E-state index contributed by atoms with van der Waals surface area (Å²) < 4.78 is 12.7. The van der Waals surface area contributed by atoms with Crippen LogP contribution in [0.4, 0.5) is 0 Å². The Kier molecular flexibility index (Phi) is 5.93. The number of nitrogens with two attached hydrogens (primary N) is 1. The highest BCUT2D eigenvalue weighted by Gasteiger charge is 2.30. The maximum Gasteiger partial charge on any atom is 0.0913 e. The van der Waals surface area contributed by atoms with Gasteiger partial charge in [0.05, 0.1) is 48.8 Å². The number of hydrogen-bond donors (Lipinski definition) is 2. The van der Waals surface area contributed by atoms with Gasteiger partial charge in [-0.2, -0.15) is 16.9 Å². The molecule has 0 amide bonds. The van der Waals surface area contributed by atoms with Gasteiger partial charge in [-0.25, -0.2) is 5.43 Å². The number of aromatic nitrogens is 2. The Labute approximate surface area is 121 Å². The lowest BCUT2D eigenvalue weighted by molar-refractivity contribution is 0.0440. The molecule has 0 radical (unpaired) electrons. The Hall–Kier alpha value is -0.310. The molecule has 3 N–H and O–H groups in total. The first-order chi connectivity index (χ1) is 9.27. The number of nitrogens with one attached hydrogen (secondary N) is 1. The van der Waals surface area contributed by atoms with Gasteiger partial charge in [0.15, 0.2) is 0 Å². The van der Waals surface area contributed by atoms with E-state index in [4.69, 9.17) is 26.9 Å². The second-order valence-electron chi connectivity index (χ2n) is 4.22. The molecular formula is C11H19ClN4O2S. The predicted octanol–water partition coefficient (Wildman–Crippen LogP) is 0.819. The van der Waals surface area contributed by atoms with Crippen molar-refractivity contribution >= 4 is 23.4 Å². The molecule has 0 aliphatic carbocycles. The van der Waals surface area contributed by atoms with Gasteiger partial charge < -0.3 is 9.47 Å². The second-order valence-corrected chi connectivity index (χ2v) is 5.78. The number of thioether (sulfide) groups is 1. The van der Waals surface area contributed by atoms with Crippen molar-refractivity contribution < 1.29 is 9.47 Å². The zero-order chi connectivity index (χ0) is 13.7.